The third kappa shape index (κ3) is 2.91. The van der Waals surface area contributed by atoms with Crippen LogP contribution in [0, 0.1) is 0 Å². The Morgan fingerprint density at radius 2 is 2.25 bits per heavy atom. The molecule has 1 heterocycles. The zero-order valence-corrected chi connectivity index (χ0v) is 8.71. The highest BCUT2D eigenvalue weighted by atomic mass is 16.5. The molecule has 2 unspecified atom stereocenters. The quantitative estimate of drug-likeness (QED) is 0.592. The number of nitrogens with one attached hydrogen (secondary N) is 1. The number of ether oxygens (including phenoxy) is 1. The Kier molecular flexibility index (Phi) is 4.21. The number of methoxy groups -OCH3 is 1. The maximum atomic E-state index is 11.3. The Hall–Kier alpha value is -1.66. The second kappa shape index (κ2) is 5.43. The van der Waals surface area contributed by atoms with Crippen LogP contribution in [0.25, 0.3) is 0 Å². The number of aliphatic hydroxyl groups excluding tert-OH is 2. The Balaban J connectivity index is 2.78. The molecule has 6 nitrogen and oxygen atoms in total. The number of aliphatic hydroxyl groups is 2. The summed E-state index contributed by atoms with van der Waals surface area (Å²) in [6.07, 6.45) is -0.454. The van der Waals surface area contributed by atoms with Gasteiger partial charge in [0.25, 0.3) is 0 Å². The van der Waals surface area contributed by atoms with Gasteiger partial charge in [0.1, 0.15) is 6.10 Å². The van der Waals surface area contributed by atoms with Crippen LogP contribution in [0.15, 0.2) is 23.3 Å². The van der Waals surface area contributed by atoms with Gasteiger partial charge in [-0.1, -0.05) is 0 Å². The van der Waals surface area contributed by atoms with E-state index in [0.717, 1.165) is 0 Å². The van der Waals surface area contributed by atoms with E-state index in [1.165, 1.54) is 25.6 Å². The molecule has 1 rings (SSSR count). The lowest BCUT2D eigenvalue weighted by molar-refractivity contribution is -0.144. The summed E-state index contributed by atoms with van der Waals surface area (Å²) >= 11 is 0. The first-order valence-corrected chi connectivity index (χ1v) is 4.66. The average molecular weight is 227 g/mol. The molecule has 0 fully saturated rings. The van der Waals surface area contributed by atoms with Gasteiger partial charge in [-0.3, -0.25) is 9.59 Å². The lowest BCUT2D eigenvalue weighted by Gasteiger charge is -2.15. The van der Waals surface area contributed by atoms with Gasteiger partial charge in [-0.2, -0.15) is 0 Å². The van der Waals surface area contributed by atoms with Gasteiger partial charge in [-0.05, 0) is 0 Å². The van der Waals surface area contributed by atoms with E-state index in [1.54, 1.807) is 0 Å². The second-order valence-corrected chi connectivity index (χ2v) is 3.26. The van der Waals surface area contributed by atoms with E-state index in [-0.39, 0.29) is 12.0 Å². The number of hydrogen-bond donors (Lipinski definition) is 3. The highest BCUT2D eigenvalue weighted by Gasteiger charge is 2.23. The van der Waals surface area contributed by atoms with Crippen molar-refractivity contribution in [2.75, 3.05) is 7.11 Å². The lowest BCUT2D eigenvalue weighted by Crippen LogP contribution is -2.26. The molecular formula is C10H13NO5. The first-order valence-electron chi connectivity index (χ1n) is 4.66. The van der Waals surface area contributed by atoms with Crippen LogP contribution in [-0.4, -0.2) is 34.4 Å². The standard InChI is InChI=1S/C10H13NO5/c1-16-9(14)4-8(13)10(15)6-5-11-3-2-7(6)12/h2-3,5,8,10,13,15H,4H2,1H3,(H,11,12). The largest absolute Gasteiger partial charge is 0.469 e. The van der Waals surface area contributed by atoms with Crippen LogP contribution in [0.5, 0.6) is 0 Å². The Labute approximate surface area is 91.5 Å². The lowest BCUT2D eigenvalue weighted by atomic mass is 10.0. The molecule has 2 atom stereocenters. The molecule has 0 aromatic carbocycles. The predicted octanol–water partition coefficient (Wildman–Crippen LogP) is -0.668. The monoisotopic (exact) mass is 227 g/mol. The molecule has 3 N–H and O–H groups in total. The van der Waals surface area contributed by atoms with Crippen LogP contribution in [0.1, 0.15) is 18.1 Å². The van der Waals surface area contributed by atoms with Crippen molar-refractivity contribution < 1.29 is 19.7 Å². The van der Waals surface area contributed by atoms with Gasteiger partial charge in [0, 0.05) is 24.0 Å². The molecule has 1 aromatic rings. The van der Waals surface area contributed by atoms with Crippen molar-refractivity contribution in [1.82, 2.24) is 4.98 Å². The molecule has 0 saturated heterocycles. The second-order valence-electron chi connectivity index (χ2n) is 3.26. The van der Waals surface area contributed by atoms with Crippen LogP contribution in [0.3, 0.4) is 0 Å². The fraction of sp³-hybridized carbons (Fsp3) is 0.400. The van der Waals surface area contributed by atoms with E-state index in [9.17, 15) is 19.8 Å². The summed E-state index contributed by atoms with van der Waals surface area (Å²) in [5.74, 6) is -0.654. The van der Waals surface area contributed by atoms with Crippen molar-refractivity contribution in [2.45, 2.75) is 18.6 Å². The number of pyridine rings is 1. The van der Waals surface area contributed by atoms with Crippen molar-refractivity contribution in [2.24, 2.45) is 0 Å². The van der Waals surface area contributed by atoms with Crippen LogP contribution in [0.4, 0.5) is 0 Å². The van der Waals surface area contributed by atoms with Gasteiger partial charge in [0.15, 0.2) is 5.43 Å². The highest BCUT2D eigenvalue weighted by Crippen LogP contribution is 2.15. The number of aromatic nitrogens is 1. The molecule has 0 amide bonds. The van der Waals surface area contributed by atoms with Crippen LogP contribution < -0.4 is 5.43 Å². The van der Waals surface area contributed by atoms with Crippen molar-refractivity contribution in [3.63, 3.8) is 0 Å². The first kappa shape index (κ1) is 12.4. The average Bonchev–Trinajstić information content (AvgIpc) is 2.28. The van der Waals surface area contributed by atoms with E-state index in [0.29, 0.717) is 0 Å². The fourth-order valence-corrected chi connectivity index (χ4v) is 1.23. The molecule has 16 heavy (non-hydrogen) atoms. The molecule has 0 bridgehead atoms. The molecule has 0 radical (unpaired) electrons. The Morgan fingerprint density at radius 3 is 2.81 bits per heavy atom. The summed E-state index contributed by atoms with van der Waals surface area (Å²) in [6, 6.07) is 1.23. The number of hydrogen-bond acceptors (Lipinski definition) is 5. The number of aromatic amines is 1. The summed E-state index contributed by atoms with van der Waals surface area (Å²) in [4.78, 5) is 24.8. The van der Waals surface area contributed by atoms with Gasteiger partial charge in [0.05, 0.1) is 19.6 Å². The van der Waals surface area contributed by atoms with E-state index in [1.807, 2.05) is 0 Å². The summed E-state index contributed by atoms with van der Waals surface area (Å²) < 4.78 is 4.34. The number of H-pyrrole nitrogens is 1. The van der Waals surface area contributed by atoms with Crippen LogP contribution >= 0.6 is 0 Å². The minimum Gasteiger partial charge on any atom is -0.469 e. The summed E-state index contributed by atoms with van der Waals surface area (Å²) in [6.45, 7) is 0. The maximum Gasteiger partial charge on any atom is 0.308 e. The zero-order chi connectivity index (χ0) is 12.1. The van der Waals surface area contributed by atoms with Crippen LogP contribution in [-0.2, 0) is 9.53 Å². The molecule has 88 valence electrons. The molecule has 1 aromatic heterocycles. The minimum absolute atomic E-state index is 0.0129. The van der Waals surface area contributed by atoms with E-state index in [2.05, 4.69) is 9.72 Å². The number of carbonyl (C=O) groups excluding carboxylic acids is 1. The smallest absolute Gasteiger partial charge is 0.308 e. The molecule has 0 spiro atoms. The van der Waals surface area contributed by atoms with Gasteiger partial charge < -0.3 is 19.9 Å². The molecule has 0 aliphatic heterocycles. The minimum atomic E-state index is -1.41. The van der Waals surface area contributed by atoms with Crippen LogP contribution in [0.2, 0.25) is 0 Å². The summed E-state index contributed by atoms with van der Waals surface area (Å²) in [7, 11) is 1.18. The normalized spacial score (nSPS) is 14.2. The van der Waals surface area contributed by atoms with Gasteiger partial charge in [-0.25, -0.2) is 0 Å². The van der Waals surface area contributed by atoms with Crippen molar-refractivity contribution in [3.05, 3.63) is 34.2 Å². The van der Waals surface area contributed by atoms with Gasteiger partial charge >= 0.3 is 5.97 Å². The van der Waals surface area contributed by atoms with Crippen molar-refractivity contribution in [3.8, 4) is 0 Å². The highest BCUT2D eigenvalue weighted by molar-refractivity contribution is 5.69. The van der Waals surface area contributed by atoms with Crippen molar-refractivity contribution in [1.29, 1.82) is 0 Å². The van der Waals surface area contributed by atoms with E-state index < -0.39 is 23.6 Å². The summed E-state index contributed by atoms with van der Waals surface area (Å²) in [5.41, 5.74) is -0.394. The third-order valence-corrected chi connectivity index (χ3v) is 2.14. The van der Waals surface area contributed by atoms with Crippen molar-refractivity contribution >= 4 is 5.97 Å². The molecular weight excluding hydrogens is 214 g/mol. The predicted molar refractivity (Wildman–Crippen MR) is 54.7 cm³/mol. The maximum absolute atomic E-state index is 11.3. The molecule has 6 heteroatoms. The fourth-order valence-electron chi connectivity index (χ4n) is 1.23. The number of carbonyl (C=O) groups is 1. The van der Waals surface area contributed by atoms with Gasteiger partial charge in [0.2, 0.25) is 0 Å². The third-order valence-electron chi connectivity index (χ3n) is 2.14. The topological polar surface area (TPSA) is 99.6 Å². The zero-order valence-electron chi connectivity index (χ0n) is 8.71. The SMILES string of the molecule is COC(=O)CC(O)C(O)c1c[nH]ccc1=O. The number of esters is 1. The van der Waals surface area contributed by atoms with E-state index >= 15 is 0 Å². The Bertz CT molecular complexity index is 414. The molecule has 0 aliphatic rings. The Morgan fingerprint density at radius 1 is 1.56 bits per heavy atom. The first-order chi connectivity index (χ1) is 7.56. The summed E-state index contributed by atoms with van der Waals surface area (Å²) in [5, 5.41) is 19.1. The number of rotatable bonds is 4. The van der Waals surface area contributed by atoms with E-state index in [4.69, 9.17) is 0 Å². The molecule has 0 saturated carbocycles. The molecule has 0 aliphatic carbocycles. The van der Waals surface area contributed by atoms with Gasteiger partial charge in [-0.15, -0.1) is 0 Å².